The number of nitrogens with two attached hydrogens (primary N) is 1. The Labute approximate surface area is 147 Å². The third-order valence-corrected chi connectivity index (χ3v) is 6.11. The van der Waals surface area contributed by atoms with Gasteiger partial charge in [0.25, 0.3) is 0 Å². The maximum absolute atomic E-state index is 12.8. The molecule has 2 aliphatic heterocycles. The molecule has 3 rings (SSSR count). The van der Waals surface area contributed by atoms with Gasteiger partial charge in [0.15, 0.2) is 0 Å². The molecule has 2 aliphatic rings. The minimum atomic E-state index is -0.469. The molecule has 0 saturated carbocycles. The Hall–Kier alpha value is -0.990. The Morgan fingerprint density at radius 1 is 1.29 bits per heavy atom. The summed E-state index contributed by atoms with van der Waals surface area (Å²) in [5.74, 6) is 0.0723. The van der Waals surface area contributed by atoms with Gasteiger partial charge >= 0.3 is 0 Å². The molecule has 3 N–H and O–H groups in total. The molecule has 1 unspecified atom stereocenters. The van der Waals surface area contributed by atoms with Gasteiger partial charge in [-0.05, 0) is 24.3 Å². The van der Waals surface area contributed by atoms with Gasteiger partial charge in [-0.15, -0.1) is 11.3 Å². The minimum absolute atomic E-state index is 0.0723. The average molecular weight is 353 g/mol. The van der Waals surface area contributed by atoms with Crippen molar-refractivity contribution >= 4 is 17.2 Å². The summed E-state index contributed by atoms with van der Waals surface area (Å²) in [4.78, 5) is 16.5. The second kappa shape index (κ2) is 8.40. The first-order chi connectivity index (χ1) is 11.7. The lowest BCUT2D eigenvalue weighted by Crippen LogP contribution is -2.51. The summed E-state index contributed by atoms with van der Waals surface area (Å²) < 4.78 is 10.9. The maximum Gasteiger partial charge on any atom is 0.227 e. The number of nitrogens with zero attached hydrogens (tertiary/aromatic N) is 1. The zero-order chi connectivity index (χ0) is 16.8. The van der Waals surface area contributed by atoms with Gasteiger partial charge in [-0.1, -0.05) is 6.07 Å². The van der Waals surface area contributed by atoms with Crippen LogP contribution in [0.25, 0.3) is 0 Å². The first-order valence-electron chi connectivity index (χ1n) is 8.66. The van der Waals surface area contributed by atoms with Gasteiger partial charge in [0.1, 0.15) is 0 Å². The molecule has 6 nitrogen and oxygen atoms in total. The highest BCUT2D eigenvalue weighted by atomic mass is 32.1. The molecule has 0 aliphatic carbocycles. The van der Waals surface area contributed by atoms with E-state index in [0.717, 1.165) is 26.3 Å². The monoisotopic (exact) mass is 353 g/mol. The molecule has 1 amide bonds. The molecule has 0 bridgehead atoms. The van der Waals surface area contributed by atoms with E-state index in [1.54, 1.807) is 11.3 Å². The Morgan fingerprint density at radius 3 is 2.62 bits per heavy atom. The van der Waals surface area contributed by atoms with Gasteiger partial charge in [0.05, 0.1) is 24.7 Å². The van der Waals surface area contributed by atoms with E-state index < -0.39 is 5.41 Å². The molecule has 0 radical (unpaired) electrons. The summed E-state index contributed by atoms with van der Waals surface area (Å²) in [6, 6.07) is 4.41. The summed E-state index contributed by atoms with van der Waals surface area (Å²) in [6.45, 7) is 5.51. The van der Waals surface area contributed by atoms with Crippen LogP contribution in [0.5, 0.6) is 0 Å². The number of ether oxygens (including phenoxy) is 2. The van der Waals surface area contributed by atoms with E-state index in [4.69, 9.17) is 15.2 Å². The molecule has 0 aromatic carbocycles. The van der Waals surface area contributed by atoms with Crippen LogP contribution in [0.4, 0.5) is 0 Å². The van der Waals surface area contributed by atoms with E-state index in [-0.39, 0.29) is 11.9 Å². The van der Waals surface area contributed by atoms with Crippen molar-refractivity contribution in [1.82, 2.24) is 10.2 Å². The molecule has 3 heterocycles. The summed E-state index contributed by atoms with van der Waals surface area (Å²) in [7, 11) is 0. The van der Waals surface area contributed by atoms with Crippen LogP contribution in [-0.4, -0.2) is 63.4 Å². The van der Waals surface area contributed by atoms with Crippen molar-refractivity contribution in [2.45, 2.75) is 18.9 Å². The zero-order valence-electron chi connectivity index (χ0n) is 14.0. The fourth-order valence-electron chi connectivity index (χ4n) is 3.44. The SMILES string of the molecule is NCC1(C(=O)NCC(c2cccs2)N2CCOCC2)CCOCC1. The molecular formula is C17H27N3O3S. The molecule has 134 valence electrons. The number of rotatable bonds is 6. The molecule has 7 heteroatoms. The third kappa shape index (κ3) is 3.97. The lowest BCUT2D eigenvalue weighted by molar-refractivity contribution is -0.136. The quantitative estimate of drug-likeness (QED) is 0.798. The number of thiophene rings is 1. The predicted octanol–water partition coefficient (Wildman–Crippen LogP) is 0.993. The van der Waals surface area contributed by atoms with Gasteiger partial charge in [0.2, 0.25) is 5.91 Å². The standard InChI is InChI=1S/C17H27N3O3S/c18-13-17(3-7-22-8-4-17)16(21)19-12-14(15-2-1-11-24-15)20-5-9-23-10-6-20/h1-2,11,14H,3-10,12-13,18H2,(H,19,21). The average Bonchev–Trinajstić information content (AvgIpc) is 3.17. The van der Waals surface area contributed by atoms with E-state index in [1.807, 2.05) is 0 Å². The molecule has 24 heavy (non-hydrogen) atoms. The fraction of sp³-hybridized carbons (Fsp3) is 0.706. The highest BCUT2D eigenvalue weighted by Gasteiger charge is 2.39. The number of amides is 1. The lowest BCUT2D eigenvalue weighted by atomic mass is 9.79. The van der Waals surface area contributed by atoms with Crippen LogP contribution in [0.1, 0.15) is 23.8 Å². The second-order valence-corrected chi connectivity index (χ2v) is 7.47. The van der Waals surface area contributed by atoms with E-state index in [2.05, 4.69) is 27.7 Å². The largest absolute Gasteiger partial charge is 0.381 e. The van der Waals surface area contributed by atoms with Crippen LogP contribution in [0.15, 0.2) is 17.5 Å². The van der Waals surface area contributed by atoms with Crippen molar-refractivity contribution in [2.24, 2.45) is 11.1 Å². The van der Waals surface area contributed by atoms with Crippen molar-refractivity contribution in [3.05, 3.63) is 22.4 Å². The number of morpholine rings is 1. The number of hydrogen-bond acceptors (Lipinski definition) is 6. The Kier molecular flexibility index (Phi) is 6.24. The fourth-order valence-corrected chi connectivity index (χ4v) is 4.30. The third-order valence-electron chi connectivity index (χ3n) is 5.14. The zero-order valence-corrected chi connectivity index (χ0v) is 14.9. The molecule has 1 atom stereocenters. The van der Waals surface area contributed by atoms with Crippen LogP contribution in [0.3, 0.4) is 0 Å². The van der Waals surface area contributed by atoms with Crippen LogP contribution in [-0.2, 0) is 14.3 Å². The summed E-state index contributed by atoms with van der Waals surface area (Å²) in [6.07, 6.45) is 1.41. The van der Waals surface area contributed by atoms with Gasteiger partial charge in [-0.3, -0.25) is 9.69 Å². The van der Waals surface area contributed by atoms with Crippen LogP contribution < -0.4 is 11.1 Å². The van der Waals surface area contributed by atoms with E-state index in [9.17, 15) is 4.79 Å². The number of hydrogen-bond donors (Lipinski definition) is 2. The summed E-state index contributed by atoms with van der Waals surface area (Å²) >= 11 is 1.74. The topological polar surface area (TPSA) is 76.8 Å². The van der Waals surface area contributed by atoms with Gasteiger partial charge < -0.3 is 20.5 Å². The first kappa shape index (κ1) is 17.8. The molecule has 1 aromatic rings. The van der Waals surface area contributed by atoms with E-state index in [1.165, 1.54) is 4.88 Å². The van der Waals surface area contributed by atoms with Gasteiger partial charge in [0, 0.05) is 44.3 Å². The molecule has 0 spiro atoms. The predicted molar refractivity (Wildman–Crippen MR) is 94.0 cm³/mol. The molecular weight excluding hydrogens is 326 g/mol. The first-order valence-corrected chi connectivity index (χ1v) is 9.54. The van der Waals surface area contributed by atoms with E-state index in [0.29, 0.717) is 39.1 Å². The number of carbonyl (C=O) groups is 1. The smallest absolute Gasteiger partial charge is 0.227 e. The Bertz CT molecular complexity index is 511. The van der Waals surface area contributed by atoms with E-state index >= 15 is 0 Å². The minimum Gasteiger partial charge on any atom is -0.381 e. The summed E-state index contributed by atoms with van der Waals surface area (Å²) in [5, 5.41) is 5.27. The summed E-state index contributed by atoms with van der Waals surface area (Å²) in [5.41, 5.74) is 5.47. The normalized spacial score (nSPS) is 22.9. The Morgan fingerprint density at radius 2 is 2.00 bits per heavy atom. The lowest BCUT2D eigenvalue weighted by Gasteiger charge is -2.37. The van der Waals surface area contributed by atoms with Crippen molar-refractivity contribution in [3.8, 4) is 0 Å². The highest BCUT2D eigenvalue weighted by molar-refractivity contribution is 7.10. The second-order valence-electron chi connectivity index (χ2n) is 6.49. The van der Waals surface area contributed by atoms with Crippen molar-refractivity contribution in [3.63, 3.8) is 0 Å². The van der Waals surface area contributed by atoms with Crippen LogP contribution >= 0.6 is 11.3 Å². The molecule has 2 fully saturated rings. The van der Waals surface area contributed by atoms with Gasteiger partial charge in [-0.25, -0.2) is 0 Å². The molecule has 2 saturated heterocycles. The van der Waals surface area contributed by atoms with Gasteiger partial charge in [-0.2, -0.15) is 0 Å². The maximum atomic E-state index is 12.8. The number of carbonyl (C=O) groups excluding carboxylic acids is 1. The van der Waals surface area contributed by atoms with Crippen molar-refractivity contribution in [2.75, 3.05) is 52.6 Å². The van der Waals surface area contributed by atoms with Crippen LogP contribution in [0, 0.1) is 5.41 Å². The Balaban J connectivity index is 1.65. The van der Waals surface area contributed by atoms with Crippen LogP contribution in [0.2, 0.25) is 0 Å². The van der Waals surface area contributed by atoms with Crippen molar-refractivity contribution < 1.29 is 14.3 Å². The molecule has 1 aromatic heterocycles. The van der Waals surface area contributed by atoms with Crippen molar-refractivity contribution in [1.29, 1.82) is 0 Å². The highest BCUT2D eigenvalue weighted by Crippen LogP contribution is 2.30. The number of nitrogens with one attached hydrogen (secondary N) is 1.